The molecule has 0 fully saturated rings. The van der Waals surface area contributed by atoms with E-state index >= 15 is 0 Å². The predicted molar refractivity (Wildman–Crippen MR) is 105 cm³/mol. The number of para-hydroxylation sites is 1. The molecule has 0 bridgehead atoms. The Bertz CT molecular complexity index is 1060. The van der Waals surface area contributed by atoms with Gasteiger partial charge in [0.05, 0.1) is 12.2 Å². The van der Waals surface area contributed by atoms with Crippen molar-refractivity contribution in [3.63, 3.8) is 0 Å². The van der Waals surface area contributed by atoms with E-state index in [1.54, 1.807) is 11.8 Å². The number of likely N-dealkylation sites (N-methyl/N-ethyl adjacent to an activating group) is 1. The van der Waals surface area contributed by atoms with E-state index in [2.05, 4.69) is 15.2 Å². The minimum absolute atomic E-state index is 0.0670. The fourth-order valence-electron chi connectivity index (χ4n) is 3.53. The molecule has 0 atom stereocenters. The first kappa shape index (κ1) is 19.2. The lowest BCUT2D eigenvalue weighted by molar-refractivity contribution is 0.0980. The van der Waals surface area contributed by atoms with E-state index in [1.165, 1.54) is 16.8 Å². The molecule has 2 aromatic carbocycles. The topological polar surface area (TPSA) is 54.3 Å². The Morgan fingerprint density at radius 1 is 1.14 bits per heavy atom. The molecule has 29 heavy (non-hydrogen) atoms. The third-order valence-corrected chi connectivity index (χ3v) is 5.19. The van der Waals surface area contributed by atoms with Crippen molar-refractivity contribution in [2.24, 2.45) is 0 Å². The number of halogens is 2. The Hall–Kier alpha value is -3.13. The second-order valence-corrected chi connectivity index (χ2v) is 7.24. The molecule has 1 aliphatic rings. The van der Waals surface area contributed by atoms with Crippen molar-refractivity contribution >= 4 is 11.6 Å². The molecule has 1 aromatic heterocycles. The maximum atomic E-state index is 14.0. The Balaban J connectivity index is 1.63. The van der Waals surface area contributed by atoms with E-state index in [9.17, 15) is 13.6 Å². The fourth-order valence-corrected chi connectivity index (χ4v) is 3.53. The van der Waals surface area contributed by atoms with Crippen LogP contribution in [0.5, 0.6) is 0 Å². The van der Waals surface area contributed by atoms with Crippen molar-refractivity contribution in [2.45, 2.75) is 20.0 Å². The van der Waals surface area contributed by atoms with Crippen LogP contribution in [0.25, 0.3) is 0 Å². The minimum atomic E-state index is -0.655. The van der Waals surface area contributed by atoms with Gasteiger partial charge in [-0.05, 0) is 31.7 Å². The molecule has 1 amide bonds. The maximum absolute atomic E-state index is 14.0. The summed E-state index contributed by atoms with van der Waals surface area (Å²) in [5, 5.41) is 8.10. The highest BCUT2D eigenvalue weighted by Gasteiger charge is 2.27. The van der Waals surface area contributed by atoms with Gasteiger partial charge in [0.15, 0.2) is 5.69 Å². The summed E-state index contributed by atoms with van der Waals surface area (Å²) in [6.45, 7) is 3.82. The van der Waals surface area contributed by atoms with Crippen LogP contribution in [0.15, 0.2) is 42.5 Å². The zero-order chi connectivity index (χ0) is 20.5. The van der Waals surface area contributed by atoms with Gasteiger partial charge in [0.25, 0.3) is 5.91 Å². The second kappa shape index (κ2) is 7.71. The van der Waals surface area contributed by atoms with Crippen molar-refractivity contribution in [3.05, 3.63) is 76.6 Å². The third-order valence-electron chi connectivity index (χ3n) is 5.19. The van der Waals surface area contributed by atoms with Crippen molar-refractivity contribution < 1.29 is 13.6 Å². The van der Waals surface area contributed by atoms with Gasteiger partial charge in [0, 0.05) is 37.0 Å². The fraction of sp³-hybridized carbons (Fsp3) is 0.286. The number of carbonyl (C=O) groups excluding carboxylic acids is 1. The van der Waals surface area contributed by atoms with Crippen LogP contribution >= 0.6 is 0 Å². The standard InChI is InChI=1S/C21H21F2N5O/c1-14-20(24-25-28(14)13-15-7-8-17(22)11-18(15)23)21(29)27-10-9-26(2)12-16-5-3-4-6-19(16)27/h3-8,11H,9-10,12-13H2,1-2H3. The molecule has 2 heterocycles. The van der Waals surface area contributed by atoms with Crippen LogP contribution in [0.2, 0.25) is 0 Å². The number of anilines is 1. The number of amides is 1. The van der Waals surface area contributed by atoms with Crippen molar-refractivity contribution in [1.82, 2.24) is 19.9 Å². The van der Waals surface area contributed by atoms with Gasteiger partial charge in [0.2, 0.25) is 0 Å². The number of carbonyl (C=O) groups is 1. The smallest absolute Gasteiger partial charge is 0.280 e. The highest BCUT2D eigenvalue weighted by molar-refractivity contribution is 6.05. The normalized spacial score (nSPS) is 14.6. The molecule has 0 spiro atoms. The van der Waals surface area contributed by atoms with Crippen LogP contribution in [0.1, 0.15) is 27.3 Å². The largest absolute Gasteiger partial charge is 0.305 e. The van der Waals surface area contributed by atoms with Gasteiger partial charge >= 0.3 is 0 Å². The number of benzene rings is 2. The summed E-state index contributed by atoms with van der Waals surface area (Å²) in [4.78, 5) is 17.2. The molecule has 150 valence electrons. The van der Waals surface area contributed by atoms with E-state index in [1.807, 2.05) is 31.3 Å². The van der Waals surface area contributed by atoms with Gasteiger partial charge in [-0.15, -0.1) is 5.10 Å². The van der Waals surface area contributed by atoms with Crippen molar-refractivity contribution in [3.8, 4) is 0 Å². The second-order valence-electron chi connectivity index (χ2n) is 7.24. The van der Waals surface area contributed by atoms with E-state index in [0.717, 1.165) is 30.4 Å². The van der Waals surface area contributed by atoms with Gasteiger partial charge in [0.1, 0.15) is 11.6 Å². The summed E-state index contributed by atoms with van der Waals surface area (Å²) in [6, 6.07) is 11.2. The number of hydrogen-bond acceptors (Lipinski definition) is 4. The molecule has 4 rings (SSSR count). The lowest BCUT2D eigenvalue weighted by Crippen LogP contribution is -2.35. The molecular weight excluding hydrogens is 376 g/mol. The Morgan fingerprint density at radius 3 is 2.72 bits per heavy atom. The van der Waals surface area contributed by atoms with Gasteiger partial charge < -0.3 is 9.80 Å². The summed E-state index contributed by atoms with van der Waals surface area (Å²) in [7, 11) is 2.02. The van der Waals surface area contributed by atoms with Crippen molar-refractivity contribution in [1.29, 1.82) is 0 Å². The van der Waals surface area contributed by atoms with Gasteiger partial charge in [-0.2, -0.15) is 0 Å². The highest BCUT2D eigenvalue weighted by atomic mass is 19.1. The van der Waals surface area contributed by atoms with Gasteiger partial charge in [-0.1, -0.05) is 29.5 Å². The van der Waals surface area contributed by atoms with Crippen LogP contribution in [0.3, 0.4) is 0 Å². The molecule has 6 nitrogen and oxygen atoms in total. The number of aromatic nitrogens is 3. The monoisotopic (exact) mass is 397 g/mol. The summed E-state index contributed by atoms with van der Waals surface area (Å²) in [5.41, 5.74) is 2.97. The molecule has 1 aliphatic heterocycles. The van der Waals surface area contributed by atoms with E-state index in [4.69, 9.17) is 0 Å². The molecule has 3 aromatic rings. The Labute approximate surface area is 167 Å². The first-order chi connectivity index (χ1) is 13.9. The Kier molecular flexibility index (Phi) is 5.10. The molecule has 0 saturated carbocycles. The molecule has 0 saturated heterocycles. The summed E-state index contributed by atoms with van der Waals surface area (Å²) in [6.07, 6.45) is 0. The van der Waals surface area contributed by atoms with Crippen LogP contribution in [-0.2, 0) is 13.1 Å². The SMILES string of the molecule is Cc1c(C(=O)N2CCN(C)Cc3ccccc32)nnn1Cc1ccc(F)cc1F. The first-order valence-electron chi connectivity index (χ1n) is 9.36. The van der Waals surface area contributed by atoms with E-state index in [0.29, 0.717) is 12.2 Å². The minimum Gasteiger partial charge on any atom is -0.305 e. The maximum Gasteiger partial charge on any atom is 0.280 e. The lowest BCUT2D eigenvalue weighted by atomic mass is 10.1. The van der Waals surface area contributed by atoms with E-state index in [-0.39, 0.29) is 23.7 Å². The Morgan fingerprint density at radius 2 is 1.93 bits per heavy atom. The van der Waals surface area contributed by atoms with Crippen LogP contribution in [0, 0.1) is 18.6 Å². The van der Waals surface area contributed by atoms with Crippen LogP contribution in [0.4, 0.5) is 14.5 Å². The molecular formula is C21H21F2N5O. The third kappa shape index (κ3) is 3.75. The quantitative estimate of drug-likeness (QED) is 0.682. The summed E-state index contributed by atoms with van der Waals surface area (Å²) < 4.78 is 28.6. The first-order valence-corrected chi connectivity index (χ1v) is 9.36. The van der Waals surface area contributed by atoms with Gasteiger partial charge in [-0.25, -0.2) is 13.5 Å². The molecule has 0 N–H and O–H groups in total. The van der Waals surface area contributed by atoms with E-state index < -0.39 is 11.6 Å². The summed E-state index contributed by atoms with van der Waals surface area (Å²) in [5.74, 6) is -1.53. The zero-order valence-corrected chi connectivity index (χ0v) is 16.3. The van der Waals surface area contributed by atoms with Crippen molar-refractivity contribution in [2.75, 3.05) is 25.0 Å². The molecule has 8 heteroatoms. The number of fused-ring (bicyclic) bond motifs is 1. The molecule has 0 radical (unpaired) electrons. The van der Waals surface area contributed by atoms with Gasteiger partial charge in [-0.3, -0.25) is 4.79 Å². The molecule has 0 aliphatic carbocycles. The number of hydrogen-bond donors (Lipinski definition) is 0. The lowest BCUT2D eigenvalue weighted by Gasteiger charge is -2.22. The summed E-state index contributed by atoms with van der Waals surface area (Å²) >= 11 is 0. The number of rotatable bonds is 3. The van der Waals surface area contributed by atoms with Crippen LogP contribution in [-0.4, -0.2) is 45.9 Å². The zero-order valence-electron chi connectivity index (χ0n) is 16.3. The average Bonchev–Trinajstić information content (AvgIpc) is 2.95. The predicted octanol–water partition coefficient (Wildman–Crippen LogP) is 3.01. The van der Waals surface area contributed by atoms with Crippen LogP contribution < -0.4 is 4.90 Å². The number of nitrogens with zero attached hydrogens (tertiary/aromatic N) is 5. The molecule has 0 unspecified atom stereocenters. The highest BCUT2D eigenvalue weighted by Crippen LogP contribution is 2.26. The average molecular weight is 397 g/mol.